The summed E-state index contributed by atoms with van der Waals surface area (Å²) in [4.78, 5) is 31.6. The minimum absolute atomic E-state index is 0.147. The highest BCUT2D eigenvalue weighted by atomic mass is 79.9. The lowest BCUT2D eigenvalue weighted by molar-refractivity contribution is 0.509. The van der Waals surface area contributed by atoms with E-state index in [1.165, 1.54) is 0 Å². The van der Waals surface area contributed by atoms with Crippen molar-refractivity contribution in [3.63, 3.8) is 0 Å². The first kappa shape index (κ1) is 19.6. The summed E-state index contributed by atoms with van der Waals surface area (Å²) >= 11 is 3.50. The fourth-order valence-corrected chi connectivity index (χ4v) is 4.03. The highest BCUT2D eigenvalue weighted by molar-refractivity contribution is 9.10. The van der Waals surface area contributed by atoms with Gasteiger partial charge >= 0.3 is 0 Å². The highest BCUT2D eigenvalue weighted by Gasteiger charge is 2.19. The van der Waals surface area contributed by atoms with Crippen molar-refractivity contribution >= 4 is 37.9 Å². The molecule has 0 aliphatic rings. The predicted octanol–water partition coefficient (Wildman–Crippen LogP) is 4.72. The lowest BCUT2D eigenvalue weighted by Gasteiger charge is -2.17. The fourth-order valence-electron chi connectivity index (χ4n) is 3.63. The van der Waals surface area contributed by atoms with Crippen molar-refractivity contribution < 1.29 is 0 Å². The van der Waals surface area contributed by atoms with E-state index in [1.807, 2.05) is 54.1 Å². The molecule has 0 radical (unpaired) electrons. The van der Waals surface area contributed by atoms with Crippen LogP contribution in [0.15, 0.2) is 62.6 Å². The van der Waals surface area contributed by atoms with Crippen LogP contribution in [0.3, 0.4) is 0 Å². The highest BCUT2D eigenvalue weighted by Crippen LogP contribution is 2.23. The first-order valence-corrected chi connectivity index (χ1v) is 10.5. The molecule has 4 rings (SSSR count). The average molecular weight is 452 g/mol. The SMILES string of the molecule is CC(C)CCn1c(-c2cccc(Br)c2)nc2c(c(=O)c3ccccc3n2C)c1=O. The molecular weight excluding hydrogens is 430 g/mol. The maximum Gasteiger partial charge on any atom is 0.267 e. The molecule has 6 heteroatoms. The Hall–Kier alpha value is -2.73. The molecule has 0 aliphatic carbocycles. The van der Waals surface area contributed by atoms with Crippen molar-refractivity contribution in [2.24, 2.45) is 13.0 Å². The van der Waals surface area contributed by atoms with Gasteiger partial charge in [-0.15, -0.1) is 0 Å². The molecule has 0 atom stereocenters. The number of fused-ring (bicyclic) bond motifs is 2. The van der Waals surface area contributed by atoms with Crippen LogP contribution in [0.25, 0.3) is 33.3 Å². The summed E-state index contributed by atoms with van der Waals surface area (Å²) in [5.74, 6) is 1.00. The Bertz CT molecular complexity index is 1350. The van der Waals surface area contributed by atoms with E-state index in [-0.39, 0.29) is 16.4 Å². The van der Waals surface area contributed by atoms with E-state index in [0.29, 0.717) is 29.3 Å². The van der Waals surface area contributed by atoms with Crippen molar-refractivity contribution in [1.29, 1.82) is 0 Å². The lowest BCUT2D eigenvalue weighted by Crippen LogP contribution is -2.29. The maximum absolute atomic E-state index is 13.5. The number of hydrogen-bond donors (Lipinski definition) is 0. The van der Waals surface area contributed by atoms with E-state index < -0.39 is 0 Å². The van der Waals surface area contributed by atoms with Gasteiger partial charge in [-0.3, -0.25) is 14.2 Å². The number of pyridine rings is 1. The van der Waals surface area contributed by atoms with Crippen LogP contribution < -0.4 is 11.0 Å². The summed E-state index contributed by atoms with van der Waals surface area (Å²) in [5, 5.41) is 0.681. The van der Waals surface area contributed by atoms with Gasteiger partial charge in [0.2, 0.25) is 5.43 Å². The Morgan fingerprint density at radius 1 is 1.07 bits per heavy atom. The summed E-state index contributed by atoms with van der Waals surface area (Å²) in [6.45, 7) is 4.74. The normalized spacial score (nSPS) is 11.6. The van der Waals surface area contributed by atoms with Gasteiger partial charge in [0.1, 0.15) is 11.2 Å². The van der Waals surface area contributed by atoms with Crippen molar-refractivity contribution in [2.45, 2.75) is 26.8 Å². The van der Waals surface area contributed by atoms with E-state index in [1.54, 1.807) is 10.6 Å². The number of halogens is 1. The van der Waals surface area contributed by atoms with E-state index in [9.17, 15) is 9.59 Å². The molecule has 0 saturated carbocycles. The van der Waals surface area contributed by atoms with Gasteiger partial charge in [-0.25, -0.2) is 4.98 Å². The standard InChI is InChI=1S/C23H22BrN3O2/c1-14(2)11-12-27-21(15-7-6-8-16(24)13-15)25-22-19(23(27)29)20(28)17-9-4-5-10-18(17)26(22)3/h4-10,13-14H,11-12H2,1-3H3. The Labute approximate surface area is 176 Å². The monoisotopic (exact) mass is 451 g/mol. The quantitative estimate of drug-likeness (QED) is 0.421. The van der Waals surface area contributed by atoms with Gasteiger partial charge in [0.05, 0.1) is 5.52 Å². The van der Waals surface area contributed by atoms with Crippen LogP contribution in [0.2, 0.25) is 0 Å². The number of rotatable bonds is 4. The summed E-state index contributed by atoms with van der Waals surface area (Å²) < 4.78 is 4.40. The predicted molar refractivity (Wildman–Crippen MR) is 121 cm³/mol. The smallest absolute Gasteiger partial charge is 0.267 e. The van der Waals surface area contributed by atoms with E-state index in [2.05, 4.69) is 29.8 Å². The zero-order valence-electron chi connectivity index (χ0n) is 16.6. The fraction of sp³-hybridized carbons (Fsp3) is 0.261. The molecule has 0 N–H and O–H groups in total. The zero-order chi connectivity index (χ0) is 20.7. The molecule has 0 spiro atoms. The first-order valence-electron chi connectivity index (χ1n) is 9.66. The van der Waals surface area contributed by atoms with E-state index >= 15 is 0 Å². The maximum atomic E-state index is 13.5. The second-order valence-electron chi connectivity index (χ2n) is 7.69. The van der Waals surface area contributed by atoms with E-state index in [0.717, 1.165) is 22.0 Å². The third-order valence-corrected chi connectivity index (χ3v) is 5.71. The Balaban J connectivity index is 2.14. The number of para-hydroxylation sites is 1. The van der Waals surface area contributed by atoms with Crippen molar-refractivity contribution in [3.05, 3.63) is 73.6 Å². The third kappa shape index (κ3) is 3.42. The Kier molecular flexibility index (Phi) is 5.13. The molecule has 2 heterocycles. The van der Waals surface area contributed by atoms with Gasteiger partial charge < -0.3 is 4.57 Å². The third-order valence-electron chi connectivity index (χ3n) is 5.22. The average Bonchev–Trinajstić information content (AvgIpc) is 2.70. The summed E-state index contributed by atoms with van der Waals surface area (Å²) in [6.07, 6.45) is 0.821. The molecule has 2 aromatic heterocycles. The van der Waals surface area contributed by atoms with Crippen LogP contribution in [0.1, 0.15) is 20.3 Å². The van der Waals surface area contributed by atoms with Gasteiger partial charge in [0, 0.05) is 29.0 Å². The van der Waals surface area contributed by atoms with Gasteiger partial charge in [-0.05, 0) is 36.6 Å². The van der Waals surface area contributed by atoms with Gasteiger partial charge in [-0.1, -0.05) is 54.0 Å². The number of aromatic nitrogens is 3. The van der Waals surface area contributed by atoms with Gasteiger partial charge in [-0.2, -0.15) is 0 Å². The Morgan fingerprint density at radius 3 is 2.55 bits per heavy atom. The molecule has 5 nitrogen and oxygen atoms in total. The molecule has 0 bridgehead atoms. The second kappa shape index (κ2) is 7.59. The molecule has 0 saturated heterocycles. The largest absolute Gasteiger partial charge is 0.328 e. The molecule has 4 aromatic rings. The molecule has 0 unspecified atom stereocenters. The van der Waals surface area contributed by atoms with Gasteiger partial charge in [0.15, 0.2) is 5.65 Å². The summed E-state index contributed by atoms with van der Waals surface area (Å²) in [7, 11) is 1.85. The zero-order valence-corrected chi connectivity index (χ0v) is 18.2. The molecule has 0 aliphatic heterocycles. The van der Waals surface area contributed by atoms with Crippen LogP contribution in [0.4, 0.5) is 0 Å². The van der Waals surface area contributed by atoms with Crippen LogP contribution in [0, 0.1) is 5.92 Å². The van der Waals surface area contributed by atoms with Crippen molar-refractivity contribution in [3.8, 4) is 11.4 Å². The number of aryl methyl sites for hydroxylation is 1. The van der Waals surface area contributed by atoms with Crippen LogP contribution in [-0.2, 0) is 13.6 Å². The van der Waals surface area contributed by atoms with E-state index in [4.69, 9.17) is 4.98 Å². The van der Waals surface area contributed by atoms with Gasteiger partial charge in [0.25, 0.3) is 5.56 Å². The molecule has 0 amide bonds. The minimum Gasteiger partial charge on any atom is -0.328 e. The first-order chi connectivity index (χ1) is 13.9. The lowest BCUT2D eigenvalue weighted by atomic mass is 10.1. The number of benzene rings is 2. The van der Waals surface area contributed by atoms with Crippen LogP contribution in [-0.4, -0.2) is 14.1 Å². The topological polar surface area (TPSA) is 56.9 Å². The van der Waals surface area contributed by atoms with Crippen molar-refractivity contribution in [1.82, 2.24) is 14.1 Å². The van der Waals surface area contributed by atoms with Crippen molar-refractivity contribution in [2.75, 3.05) is 0 Å². The minimum atomic E-state index is -0.281. The molecule has 2 aromatic carbocycles. The molecule has 0 fully saturated rings. The Morgan fingerprint density at radius 2 is 1.83 bits per heavy atom. The summed E-state index contributed by atoms with van der Waals surface area (Å²) in [5.41, 5.74) is 1.47. The molecule has 148 valence electrons. The second-order valence-corrected chi connectivity index (χ2v) is 8.60. The van der Waals surface area contributed by atoms with Crippen LogP contribution in [0.5, 0.6) is 0 Å². The van der Waals surface area contributed by atoms with Crippen LogP contribution >= 0.6 is 15.9 Å². The molecular formula is C23H22BrN3O2. The molecule has 29 heavy (non-hydrogen) atoms. The number of hydrogen-bond acceptors (Lipinski definition) is 3. The number of nitrogens with zero attached hydrogens (tertiary/aromatic N) is 3. The summed E-state index contributed by atoms with van der Waals surface area (Å²) in [6, 6.07) is 15.1.